The highest BCUT2D eigenvalue weighted by molar-refractivity contribution is 6.32. The molecule has 3 aromatic heterocycles. The van der Waals surface area contributed by atoms with Crippen molar-refractivity contribution in [1.29, 1.82) is 0 Å². The first-order valence-electron chi connectivity index (χ1n) is 9.66. The van der Waals surface area contributed by atoms with Gasteiger partial charge in [0.1, 0.15) is 5.69 Å². The molecule has 0 aliphatic heterocycles. The van der Waals surface area contributed by atoms with Crippen molar-refractivity contribution in [2.24, 2.45) is 12.8 Å². The molecule has 0 aliphatic rings. The number of primary amides is 1. The molecule has 3 N–H and O–H groups in total. The lowest BCUT2D eigenvalue weighted by Crippen LogP contribution is -2.19. The van der Waals surface area contributed by atoms with E-state index in [9.17, 15) is 18.0 Å². The van der Waals surface area contributed by atoms with E-state index in [0.29, 0.717) is 11.8 Å². The van der Waals surface area contributed by atoms with Crippen LogP contribution < -0.4 is 11.1 Å². The second-order valence-corrected chi connectivity index (χ2v) is 7.56. The molecule has 1 aromatic carbocycles. The Labute approximate surface area is 196 Å². The van der Waals surface area contributed by atoms with Gasteiger partial charge in [-0.1, -0.05) is 11.6 Å². The molecule has 13 heteroatoms. The average Bonchev–Trinajstić information content (AvgIpc) is 3.36. The van der Waals surface area contributed by atoms with E-state index in [2.05, 4.69) is 26.2 Å². The molecular weight excluding hydrogens is 475 g/mol. The monoisotopic (exact) mass is 493 g/mol. The van der Waals surface area contributed by atoms with E-state index >= 15 is 0 Å². The number of rotatable bonds is 3. The highest BCUT2D eigenvalue weighted by Crippen LogP contribution is 2.32. The van der Waals surface area contributed by atoms with Crippen LogP contribution in [0.25, 0.3) is 16.7 Å². The Hall–Kier alpha value is -3.93. The van der Waals surface area contributed by atoms with Gasteiger partial charge in [0.05, 0.1) is 10.5 Å². The summed E-state index contributed by atoms with van der Waals surface area (Å²) in [7, 11) is 1.78. The number of nitrogens with one attached hydrogen (secondary N) is 1. The number of fused-ring (bicyclic) bond motifs is 1. The number of nitrogens with zero attached hydrogens (tertiary/aromatic N) is 5. The number of alkyl halides is 3. The number of pyridine rings is 1. The molecule has 4 aromatic rings. The molecule has 178 valence electrons. The summed E-state index contributed by atoms with van der Waals surface area (Å²) >= 11 is 6.09. The summed E-state index contributed by atoms with van der Waals surface area (Å²) < 4.78 is 42.4. The summed E-state index contributed by atoms with van der Waals surface area (Å²) in [5.74, 6) is -0.861. The van der Waals surface area contributed by atoms with E-state index in [1.54, 1.807) is 37.8 Å². The van der Waals surface area contributed by atoms with Crippen LogP contribution in [0.2, 0.25) is 5.02 Å². The molecule has 0 fully saturated rings. The molecule has 0 bridgehead atoms. The summed E-state index contributed by atoms with van der Waals surface area (Å²) in [5.41, 5.74) is 5.29. The van der Waals surface area contributed by atoms with Crippen molar-refractivity contribution in [3.63, 3.8) is 0 Å². The van der Waals surface area contributed by atoms with E-state index in [-0.39, 0.29) is 22.9 Å². The number of aromatic nitrogens is 5. The van der Waals surface area contributed by atoms with E-state index in [1.807, 2.05) is 0 Å². The number of benzene rings is 1. The molecular formula is C21H19ClF3N7O2. The predicted molar refractivity (Wildman–Crippen MR) is 120 cm³/mol. The summed E-state index contributed by atoms with van der Waals surface area (Å²) in [6.45, 7) is 3.59. The molecule has 9 nitrogen and oxygen atoms in total. The van der Waals surface area contributed by atoms with Crippen molar-refractivity contribution >= 4 is 40.5 Å². The zero-order valence-electron chi connectivity index (χ0n) is 18.2. The molecule has 0 unspecified atom stereocenters. The number of hydrogen-bond acceptors (Lipinski definition) is 5. The fourth-order valence-corrected chi connectivity index (χ4v) is 3.56. The van der Waals surface area contributed by atoms with Crippen LogP contribution in [0.15, 0.2) is 36.7 Å². The van der Waals surface area contributed by atoms with Gasteiger partial charge in [0.15, 0.2) is 11.5 Å². The lowest BCUT2D eigenvalue weighted by Gasteiger charge is -2.13. The second-order valence-electron chi connectivity index (χ2n) is 7.15. The lowest BCUT2D eigenvalue weighted by molar-refractivity contribution is -0.141. The van der Waals surface area contributed by atoms with Crippen molar-refractivity contribution in [2.75, 3.05) is 5.32 Å². The number of hydrogen-bond donors (Lipinski definition) is 2. The molecule has 4 rings (SSSR count). The first-order chi connectivity index (χ1) is 16.0. The van der Waals surface area contributed by atoms with Crippen molar-refractivity contribution in [3.8, 4) is 5.82 Å². The van der Waals surface area contributed by atoms with E-state index < -0.39 is 17.8 Å². The third-order valence-corrected chi connectivity index (χ3v) is 5.09. The molecule has 2 amide bonds. The molecule has 34 heavy (non-hydrogen) atoms. The van der Waals surface area contributed by atoms with Crippen LogP contribution in [0.5, 0.6) is 0 Å². The van der Waals surface area contributed by atoms with Gasteiger partial charge in [-0.25, -0.2) is 9.67 Å². The Kier molecular flexibility index (Phi) is 6.91. The normalized spacial score (nSPS) is 11.1. The highest BCUT2D eigenvalue weighted by atomic mass is 35.5. The first kappa shape index (κ1) is 24.7. The molecule has 0 spiro atoms. The summed E-state index contributed by atoms with van der Waals surface area (Å²) in [5, 5.41) is 11.5. The number of nitrogens with two attached hydrogens (primary N) is 1. The van der Waals surface area contributed by atoms with Crippen LogP contribution in [-0.2, 0) is 18.0 Å². The Morgan fingerprint density at radius 3 is 2.53 bits per heavy atom. The molecule has 0 atom stereocenters. The minimum atomic E-state index is -4.75. The largest absolute Gasteiger partial charge is 0.435 e. The van der Waals surface area contributed by atoms with E-state index in [0.717, 1.165) is 26.7 Å². The molecule has 0 radical (unpaired) electrons. The van der Waals surface area contributed by atoms with Gasteiger partial charge in [0, 0.05) is 36.6 Å². The van der Waals surface area contributed by atoms with Crippen molar-refractivity contribution in [1.82, 2.24) is 24.5 Å². The van der Waals surface area contributed by atoms with E-state index in [4.69, 9.17) is 16.4 Å². The Morgan fingerprint density at radius 1 is 1.24 bits per heavy atom. The third-order valence-electron chi connectivity index (χ3n) is 4.79. The smallest absolute Gasteiger partial charge is 0.372 e. The van der Waals surface area contributed by atoms with Crippen molar-refractivity contribution in [3.05, 3.63) is 64.2 Å². The van der Waals surface area contributed by atoms with Crippen LogP contribution in [0.4, 0.5) is 18.9 Å². The van der Waals surface area contributed by atoms with Crippen LogP contribution in [0.3, 0.4) is 0 Å². The molecule has 0 aliphatic carbocycles. The van der Waals surface area contributed by atoms with Crippen LogP contribution >= 0.6 is 11.6 Å². The van der Waals surface area contributed by atoms with Crippen molar-refractivity contribution in [2.45, 2.75) is 20.0 Å². The van der Waals surface area contributed by atoms with Gasteiger partial charge in [-0.3, -0.25) is 14.3 Å². The number of amides is 2. The zero-order chi connectivity index (χ0) is 25.2. The SMILES string of the molecule is Cc1cc2nn(C)cc2c(C)c1NC(=O)c1cc(C(F)(F)F)nn1-c1ncccc1Cl.NC=O. The summed E-state index contributed by atoms with van der Waals surface area (Å²) in [6, 6.07) is 5.44. The number of halogens is 4. The first-order valence-corrected chi connectivity index (χ1v) is 10.0. The van der Waals surface area contributed by atoms with Gasteiger partial charge in [-0.05, 0) is 43.2 Å². The topological polar surface area (TPSA) is 121 Å². The van der Waals surface area contributed by atoms with Gasteiger partial charge >= 0.3 is 6.18 Å². The number of anilines is 1. The van der Waals surface area contributed by atoms with Gasteiger partial charge in [0.25, 0.3) is 5.91 Å². The Balaban J connectivity index is 0.00000103. The van der Waals surface area contributed by atoms with Gasteiger partial charge in [0.2, 0.25) is 6.41 Å². The fourth-order valence-electron chi connectivity index (χ4n) is 3.35. The third kappa shape index (κ3) is 4.86. The minimum Gasteiger partial charge on any atom is -0.372 e. The zero-order valence-corrected chi connectivity index (χ0v) is 18.9. The Bertz CT molecular complexity index is 1380. The van der Waals surface area contributed by atoms with E-state index in [1.165, 1.54) is 18.3 Å². The maximum absolute atomic E-state index is 13.3. The number of aryl methyl sites for hydroxylation is 3. The standard InChI is InChI=1S/C20H16ClF3N6O.CH3NO/c1-10-7-14-12(9-29(3)27-14)11(2)17(10)26-19(31)15-8-16(20(22,23)24)28-30(15)18-13(21)5-4-6-25-18;2-1-3/h4-9H,1-3H3,(H,26,31);1H,(H2,2,3). The number of carbonyl (C=O) groups is 2. The predicted octanol–water partition coefficient (Wildman–Crippen LogP) is 3.80. The minimum absolute atomic E-state index is 0.0533. The highest BCUT2D eigenvalue weighted by Gasteiger charge is 2.36. The maximum Gasteiger partial charge on any atom is 0.435 e. The summed E-state index contributed by atoms with van der Waals surface area (Å²) in [6.07, 6.45) is -1.34. The maximum atomic E-state index is 13.3. The van der Waals surface area contributed by atoms with Crippen molar-refractivity contribution < 1.29 is 22.8 Å². The quantitative estimate of drug-likeness (QED) is 0.420. The molecule has 0 saturated heterocycles. The number of carbonyl (C=O) groups excluding carboxylic acids is 2. The van der Waals surface area contributed by atoms with Gasteiger partial charge < -0.3 is 11.1 Å². The van der Waals surface area contributed by atoms with Gasteiger partial charge in [-0.15, -0.1) is 0 Å². The Morgan fingerprint density at radius 2 is 1.91 bits per heavy atom. The molecule has 3 heterocycles. The van der Waals surface area contributed by atoms with Gasteiger partial charge in [-0.2, -0.15) is 23.4 Å². The van der Waals surface area contributed by atoms with Crippen LogP contribution in [0, 0.1) is 13.8 Å². The summed E-state index contributed by atoms with van der Waals surface area (Å²) in [4.78, 5) is 25.6. The average molecular weight is 494 g/mol. The van der Waals surface area contributed by atoms with Crippen LogP contribution in [0.1, 0.15) is 27.3 Å². The van der Waals surface area contributed by atoms with Crippen LogP contribution in [-0.4, -0.2) is 36.9 Å². The second kappa shape index (κ2) is 9.51. The fraction of sp³-hybridized carbons (Fsp3) is 0.190. The lowest BCUT2D eigenvalue weighted by atomic mass is 10.0. The molecule has 0 saturated carbocycles.